The maximum Gasteiger partial charge on any atom is 0.264 e. The molecular formula is C30H35Cl2N3O4S. The second-order valence-electron chi connectivity index (χ2n) is 9.84. The molecule has 3 aromatic carbocycles. The second kappa shape index (κ2) is 14.5. The molecule has 0 aliphatic carbocycles. The fourth-order valence-corrected chi connectivity index (χ4v) is 6.18. The van der Waals surface area contributed by atoms with Crippen molar-refractivity contribution in [2.24, 2.45) is 5.92 Å². The third kappa shape index (κ3) is 8.46. The molecule has 7 nitrogen and oxygen atoms in total. The zero-order valence-corrected chi connectivity index (χ0v) is 25.2. The van der Waals surface area contributed by atoms with Crippen LogP contribution in [0.3, 0.4) is 0 Å². The largest absolute Gasteiger partial charge is 0.354 e. The van der Waals surface area contributed by atoms with Gasteiger partial charge in [-0.1, -0.05) is 92.5 Å². The summed E-state index contributed by atoms with van der Waals surface area (Å²) in [5.74, 6) is -0.562. The van der Waals surface area contributed by atoms with Crippen LogP contribution < -0.4 is 9.62 Å². The van der Waals surface area contributed by atoms with Crippen molar-refractivity contribution >= 4 is 50.7 Å². The number of carbonyl (C=O) groups is 2. The van der Waals surface area contributed by atoms with Gasteiger partial charge in [-0.25, -0.2) is 8.42 Å². The minimum Gasteiger partial charge on any atom is -0.354 e. The van der Waals surface area contributed by atoms with Crippen LogP contribution in [0, 0.1) is 5.92 Å². The van der Waals surface area contributed by atoms with Gasteiger partial charge in [0.15, 0.2) is 0 Å². The average molecular weight is 605 g/mol. The minimum atomic E-state index is -4.19. The fourth-order valence-electron chi connectivity index (χ4n) is 4.25. The maximum absolute atomic E-state index is 14.0. The van der Waals surface area contributed by atoms with Gasteiger partial charge in [0.05, 0.1) is 10.6 Å². The van der Waals surface area contributed by atoms with Crippen LogP contribution in [0.4, 0.5) is 5.69 Å². The SMILES string of the molecule is CC[C@@H](C(=O)NCC(C)C)N(CCc1ccccc1)C(=O)CN(c1cc(Cl)cc(Cl)c1)S(=O)(=O)c1ccccc1. The molecule has 0 aromatic heterocycles. The van der Waals surface area contributed by atoms with E-state index in [0.717, 1.165) is 9.87 Å². The Morgan fingerprint density at radius 2 is 1.48 bits per heavy atom. The Bertz CT molecular complexity index is 1370. The molecule has 0 saturated carbocycles. The zero-order valence-electron chi connectivity index (χ0n) is 22.9. The lowest BCUT2D eigenvalue weighted by molar-refractivity contribution is -0.139. The number of hydrogen-bond donors (Lipinski definition) is 1. The highest BCUT2D eigenvalue weighted by Gasteiger charge is 2.33. The number of hydrogen-bond acceptors (Lipinski definition) is 4. The smallest absolute Gasteiger partial charge is 0.264 e. The highest BCUT2D eigenvalue weighted by Crippen LogP contribution is 2.30. The van der Waals surface area contributed by atoms with Crippen molar-refractivity contribution < 1.29 is 18.0 Å². The van der Waals surface area contributed by atoms with Gasteiger partial charge >= 0.3 is 0 Å². The predicted octanol–water partition coefficient (Wildman–Crippen LogP) is 5.81. The standard InChI is InChI=1S/C30H35Cl2N3O4S/c1-4-28(30(37)33-20-22(2)3)34(16-15-23-11-7-5-8-12-23)29(36)21-35(26-18-24(31)17-25(32)19-26)40(38,39)27-13-9-6-10-14-27/h5-14,17-19,22,28H,4,15-16,20-21H2,1-3H3,(H,33,37)/t28-/m0/s1. The molecular weight excluding hydrogens is 569 g/mol. The van der Waals surface area contributed by atoms with E-state index in [-0.39, 0.29) is 39.0 Å². The predicted molar refractivity (Wildman–Crippen MR) is 161 cm³/mol. The molecule has 0 spiro atoms. The van der Waals surface area contributed by atoms with Crippen LogP contribution in [-0.4, -0.2) is 50.8 Å². The summed E-state index contributed by atoms with van der Waals surface area (Å²) in [6.45, 7) is 5.95. The Labute approximate surface area is 247 Å². The Morgan fingerprint density at radius 1 is 0.900 bits per heavy atom. The summed E-state index contributed by atoms with van der Waals surface area (Å²) in [5, 5.41) is 3.37. The summed E-state index contributed by atoms with van der Waals surface area (Å²) < 4.78 is 28.7. The van der Waals surface area contributed by atoms with Crippen LogP contribution in [0.25, 0.3) is 0 Å². The van der Waals surface area contributed by atoms with E-state index in [4.69, 9.17) is 23.2 Å². The number of nitrogens with zero attached hydrogens (tertiary/aromatic N) is 2. The van der Waals surface area contributed by atoms with Gasteiger partial charge < -0.3 is 10.2 Å². The Kier molecular flexibility index (Phi) is 11.4. The summed E-state index contributed by atoms with van der Waals surface area (Å²) >= 11 is 12.5. The lowest BCUT2D eigenvalue weighted by Crippen LogP contribution is -2.53. The normalized spacial score (nSPS) is 12.2. The van der Waals surface area contributed by atoms with Crippen molar-refractivity contribution in [2.45, 2.75) is 44.6 Å². The molecule has 0 heterocycles. The molecule has 2 amide bonds. The van der Waals surface area contributed by atoms with Crippen molar-refractivity contribution in [2.75, 3.05) is 23.9 Å². The first-order valence-electron chi connectivity index (χ1n) is 13.2. The van der Waals surface area contributed by atoms with E-state index in [1.54, 1.807) is 18.2 Å². The first kappa shape index (κ1) is 31.5. The third-order valence-corrected chi connectivity index (χ3v) is 8.52. The van der Waals surface area contributed by atoms with E-state index >= 15 is 0 Å². The lowest BCUT2D eigenvalue weighted by atomic mass is 10.1. The molecule has 0 radical (unpaired) electrons. The van der Waals surface area contributed by atoms with Crippen molar-refractivity contribution in [3.63, 3.8) is 0 Å². The van der Waals surface area contributed by atoms with Crippen LogP contribution in [0.2, 0.25) is 10.0 Å². The van der Waals surface area contributed by atoms with Crippen LogP contribution in [0.1, 0.15) is 32.8 Å². The van der Waals surface area contributed by atoms with Gasteiger partial charge in [0.25, 0.3) is 10.0 Å². The molecule has 10 heteroatoms. The van der Waals surface area contributed by atoms with Crippen LogP contribution in [0.15, 0.2) is 83.8 Å². The summed E-state index contributed by atoms with van der Waals surface area (Å²) in [5.41, 5.74) is 1.14. The minimum absolute atomic E-state index is 0.0106. The molecule has 0 fully saturated rings. The molecule has 3 aromatic rings. The zero-order chi connectivity index (χ0) is 29.3. The van der Waals surface area contributed by atoms with Crippen molar-refractivity contribution in [3.8, 4) is 0 Å². The van der Waals surface area contributed by atoms with Crippen LogP contribution >= 0.6 is 23.2 Å². The molecule has 0 bridgehead atoms. The first-order valence-corrected chi connectivity index (χ1v) is 15.4. The first-order chi connectivity index (χ1) is 19.0. The molecule has 1 N–H and O–H groups in total. The summed E-state index contributed by atoms with van der Waals surface area (Å²) in [7, 11) is -4.19. The average Bonchev–Trinajstić information content (AvgIpc) is 2.92. The Morgan fingerprint density at radius 3 is 2.02 bits per heavy atom. The highest BCUT2D eigenvalue weighted by atomic mass is 35.5. The highest BCUT2D eigenvalue weighted by molar-refractivity contribution is 7.92. The molecule has 0 saturated heterocycles. The second-order valence-corrected chi connectivity index (χ2v) is 12.6. The topological polar surface area (TPSA) is 86.8 Å². The van der Waals surface area contributed by atoms with Gasteiger partial charge in [0, 0.05) is 23.1 Å². The van der Waals surface area contributed by atoms with E-state index in [1.165, 1.54) is 35.2 Å². The summed E-state index contributed by atoms with van der Waals surface area (Å²) in [6, 6.07) is 21.1. The van der Waals surface area contributed by atoms with Gasteiger partial charge in [0.1, 0.15) is 12.6 Å². The van der Waals surface area contributed by atoms with E-state index < -0.39 is 28.5 Å². The molecule has 3 rings (SSSR count). The summed E-state index contributed by atoms with van der Waals surface area (Å²) in [6.07, 6.45) is 0.855. The number of halogens is 2. The van der Waals surface area contributed by atoms with E-state index in [1.807, 2.05) is 51.1 Å². The third-order valence-electron chi connectivity index (χ3n) is 6.30. The molecule has 214 valence electrons. The van der Waals surface area contributed by atoms with Gasteiger partial charge in [-0.05, 0) is 54.7 Å². The lowest BCUT2D eigenvalue weighted by Gasteiger charge is -2.33. The van der Waals surface area contributed by atoms with Gasteiger partial charge in [-0.15, -0.1) is 0 Å². The monoisotopic (exact) mass is 603 g/mol. The van der Waals surface area contributed by atoms with Crippen molar-refractivity contribution in [1.29, 1.82) is 0 Å². The van der Waals surface area contributed by atoms with E-state index in [0.29, 0.717) is 19.4 Å². The molecule has 0 unspecified atom stereocenters. The number of sulfonamides is 1. The maximum atomic E-state index is 14.0. The molecule has 40 heavy (non-hydrogen) atoms. The molecule has 1 atom stereocenters. The number of nitrogens with one attached hydrogen (secondary N) is 1. The Balaban J connectivity index is 2.01. The van der Waals surface area contributed by atoms with Gasteiger partial charge in [-0.2, -0.15) is 0 Å². The van der Waals surface area contributed by atoms with Crippen molar-refractivity contribution in [3.05, 3.63) is 94.5 Å². The van der Waals surface area contributed by atoms with Crippen LogP contribution in [-0.2, 0) is 26.0 Å². The van der Waals surface area contributed by atoms with E-state index in [2.05, 4.69) is 5.32 Å². The number of rotatable bonds is 13. The van der Waals surface area contributed by atoms with Gasteiger partial charge in [-0.3, -0.25) is 13.9 Å². The quantitative estimate of drug-likeness (QED) is 0.267. The number of benzene rings is 3. The van der Waals surface area contributed by atoms with E-state index in [9.17, 15) is 18.0 Å². The molecule has 0 aliphatic heterocycles. The number of amides is 2. The molecule has 0 aliphatic rings. The van der Waals surface area contributed by atoms with Crippen molar-refractivity contribution in [1.82, 2.24) is 10.2 Å². The number of anilines is 1. The number of carbonyl (C=O) groups excluding carboxylic acids is 2. The Hall–Kier alpha value is -3.07. The van der Waals surface area contributed by atoms with Gasteiger partial charge in [0.2, 0.25) is 11.8 Å². The fraction of sp³-hybridized carbons (Fsp3) is 0.333. The van der Waals surface area contributed by atoms with Crippen LogP contribution in [0.5, 0.6) is 0 Å². The summed E-state index contributed by atoms with van der Waals surface area (Å²) in [4.78, 5) is 28.7.